The summed E-state index contributed by atoms with van der Waals surface area (Å²) in [5.41, 5.74) is 1.49. The summed E-state index contributed by atoms with van der Waals surface area (Å²) in [7, 11) is 0. The highest BCUT2D eigenvalue weighted by Gasteiger charge is 2.22. The third-order valence-electron chi connectivity index (χ3n) is 3.74. The van der Waals surface area contributed by atoms with Crippen LogP contribution in [-0.4, -0.2) is 6.04 Å². The lowest BCUT2D eigenvalue weighted by atomic mass is 9.99. The van der Waals surface area contributed by atoms with Crippen LogP contribution in [0.4, 0.5) is 10.1 Å². The predicted octanol–water partition coefficient (Wildman–Crippen LogP) is 4.78. The molecule has 1 aliphatic rings. The highest BCUT2D eigenvalue weighted by Crippen LogP contribution is 2.31. The molecule has 1 N–H and O–H groups in total. The van der Waals surface area contributed by atoms with E-state index in [0.29, 0.717) is 16.6 Å². The number of benzene rings is 1. The van der Waals surface area contributed by atoms with E-state index in [4.69, 9.17) is 11.6 Å². The van der Waals surface area contributed by atoms with Gasteiger partial charge >= 0.3 is 0 Å². The minimum atomic E-state index is -0.242. The third-order valence-corrected chi connectivity index (χ3v) is 4.05. The van der Waals surface area contributed by atoms with Crippen LogP contribution < -0.4 is 5.32 Å². The van der Waals surface area contributed by atoms with Gasteiger partial charge in [0.25, 0.3) is 0 Å². The molecule has 0 heterocycles. The molecule has 1 fully saturated rings. The molecule has 1 aromatic carbocycles. The van der Waals surface area contributed by atoms with E-state index < -0.39 is 0 Å². The van der Waals surface area contributed by atoms with Gasteiger partial charge in [0.05, 0.1) is 10.7 Å². The van der Waals surface area contributed by atoms with E-state index >= 15 is 0 Å². The lowest BCUT2D eigenvalue weighted by Gasteiger charge is -2.22. The average Bonchev–Trinajstić information content (AvgIpc) is 2.79. The first-order chi connectivity index (χ1) is 8.08. The highest BCUT2D eigenvalue weighted by atomic mass is 35.5. The van der Waals surface area contributed by atoms with Crippen molar-refractivity contribution < 1.29 is 4.39 Å². The molecule has 0 radical (unpaired) electrons. The van der Waals surface area contributed by atoms with Gasteiger partial charge < -0.3 is 5.32 Å². The number of aryl methyl sites for hydroxylation is 1. The van der Waals surface area contributed by atoms with E-state index in [9.17, 15) is 4.39 Å². The van der Waals surface area contributed by atoms with Crippen LogP contribution in [0, 0.1) is 18.7 Å². The van der Waals surface area contributed by atoms with Crippen LogP contribution >= 0.6 is 11.6 Å². The second-order valence-electron chi connectivity index (χ2n) is 5.06. The van der Waals surface area contributed by atoms with Crippen LogP contribution in [-0.2, 0) is 0 Å². The molecule has 94 valence electrons. The summed E-state index contributed by atoms with van der Waals surface area (Å²) in [5, 5.41) is 3.89. The SMILES string of the molecule is Cc1cc(NC(C)C2CCCC2)c(Cl)cc1F. The maximum absolute atomic E-state index is 13.3. The molecular formula is C14H19ClFN. The van der Waals surface area contributed by atoms with Crippen molar-refractivity contribution in [2.75, 3.05) is 5.32 Å². The first-order valence-corrected chi connectivity index (χ1v) is 6.68. The molecule has 0 aliphatic heterocycles. The van der Waals surface area contributed by atoms with Gasteiger partial charge in [-0.05, 0) is 50.3 Å². The van der Waals surface area contributed by atoms with Gasteiger partial charge in [0.2, 0.25) is 0 Å². The number of hydrogen-bond acceptors (Lipinski definition) is 1. The fraction of sp³-hybridized carbons (Fsp3) is 0.571. The summed E-state index contributed by atoms with van der Waals surface area (Å²) >= 11 is 6.05. The Morgan fingerprint density at radius 2 is 2.00 bits per heavy atom. The maximum Gasteiger partial charge on any atom is 0.127 e. The molecule has 1 atom stereocenters. The molecule has 1 saturated carbocycles. The van der Waals surface area contributed by atoms with Crippen LogP contribution in [0.3, 0.4) is 0 Å². The van der Waals surface area contributed by atoms with Gasteiger partial charge in [-0.25, -0.2) is 4.39 Å². The first kappa shape index (κ1) is 12.7. The summed E-state index contributed by atoms with van der Waals surface area (Å²) in [5.74, 6) is 0.477. The molecule has 0 amide bonds. The summed E-state index contributed by atoms with van der Waals surface area (Å²) in [6.07, 6.45) is 5.22. The number of halogens is 2. The quantitative estimate of drug-likeness (QED) is 0.820. The summed E-state index contributed by atoms with van der Waals surface area (Å²) < 4.78 is 13.3. The smallest absolute Gasteiger partial charge is 0.127 e. The van der Waals surface area contributed by atoms with Gasteiger partial charge in [0.1, 0.15) is 5.82 Å². The van der Waals surface area contributed by atoms with E-state index in [1.54, 1.807) is 13.0 Å². The minimum absolute atomic E-state index is 0.242. The lowest BCUT2D eigenvalue weighted by molar-refractivity contribution is 0.482. The predicted molar refractivity (Wildman–Crippen MR) is 71.2 cm³/mol. The molecule has 0 saturated heterocycles. The Morgan fingerprint density at radius 1 is 1.35 bits per heavy atom. The monoisotopic (exact) mass is 255 g/mol. The van der Waals surface area contributed by atoms with Crippen molar-refractivity contribution in [3.63, 3.8) is 0 Å². The van der Waals surface area contributed by atoms with E-state index in [-0.39, 0.29) is 5.82 Å². The molecule has 0 spiro atoms. The fourth-order valence-corrected chi connectivity index (χ4v) is 2.79. The van der Waals surface area contributed by atoms with Gasteiger partial charge in [0.15, 0.2) is 0 Å². The molecule has 1 unspecified atom stereocenters. The molecule has 17 heavy (non-hydrogen) atoms. The largest absolute Gasteiger partial charge is 0.381 e. The molecule has 1 nitrogen and oxygen atoms in total. The second-order valence-corrected chi connectivity index (χ2v) is 5.47. The van der Waals surface area contributed by atoms with Gasteiger partial charge in [-0.15, -0.1) is 0 Å². The van der Waals surface area contributed by atoms with Gasteiger partial charge in [-0.1, -0.05) is 24.4 Å². The van der Waals surface area contributed by atoms with Crippen molar-refractivity contribution in [2.24, 2.45) is 5.92 Å². The Labute approximate surface area is 107 Å². The van der Waals surface area contributed by atoms with Crippen molar-refractivity contribution in [1.82, 2.24) is 0 Å². The molecule has 0 bridgehead atoms. The number of hydrogen-bond donors (Lipinski definition) is 1. The van der Waals surface area contributed by atoms with Crippen molar-refractivity contribution in [1.29, 1.82) is 0 Å². The normalized spacial score (nSPS) is 18.4. The molecule has 1 aliphatic carbocycles. The zero-order chi connectivity index (χ0) is 12.4. The average molecular weight is 256 g/mol. The summed E-state index contributed by atoms with van der Waals surface area (Å²) in [6.45, 7) is 3.95. The topological polar surface area (TPSA) is 12.0 Å². The standard InChI is InChI=1S/C14H19ClFN/c1-9-7-14(12(15)8-13(9)16)17-10(2)11-5-3-4-6-11/h7-8,10-11,17H,3-6H2,1-2H3. The lowest BCUT2D eigenvalue weighted by Crippen LogP contribution is -2.24. The van der Waals surface area contributed by atoms with E-state index in [0.717, 1.165) is 11.6 Å². The Balaban J connectivity index is 2.09. The summed E-state index contributed by atoms with van der Waals surface area (Å²) in [4.78, 5) is 0. The Kier molecular flexibility index (Phi) is 3.93. The van der Waals surface area contributed by atoms with Crippen LogP contribution in [0.25, 0.3) is 0 Å². The van der Waals surface area contributed by atoms with Crippen LogP contribution in [0.5, 0.6) is 0 Å². The van der Waals surface area contributed by atoms with Crippen molar-refractivity contribution >= 4 is 17.3 Å². The highest BCUT2D eigenvalue weighted by molar-refractivity contribution is 6.33. The Hall–Kier alpha value is -0.760. The van der Waals surface area contributed by atoms with Gasteiger partial charge in [0, 0.05) is 6.04 Å². The van der Waals surface area contributed by atoms with E-state index in [2.05, 4.69) is 12.2 Å². The van der Waals surface area contributed by atoms with E-state index in [1.807, 2.05) is 0 Å². The molecule has 0 aromatic heterocycles. The third kappa shape index (κ3) is 2.92. The maximum atomic E-state index is 13.3. The molecule has 1 aromatic rings. The Morgan fingerprint density at radius 3 is 2.65 bits per heavy atom. The number of nitrogens with one attached hydrogen (secondary N) is 1. The molecule has 2 rings (SSSR count). The van der Waals surface area contributed by atoms with Crippen LogP contribution in [0.15, 0.2) is 12.1 Å². The Bertz CT molecular complexity index is 399. The zero-order valence-electron chi connectivity index (χ0n) is 10.4. The van der Waals surface area contributed by atoms with Gasteiger partial charge in [-0.2, -0.15) is 0 Å². The van der Waals surface area contributed by atoms with Crippen molar-refractivity contribution in [3.8, 4) is 0 Å². The molecular weight excluding hydrogens is 237 g/mol. The van der Waals surface area contributed by atoms with Gasteiger partial charge in [-0.3, -0.25) is 0 Å². The van der Waals surface area contributed by atoms with Crippen molar-refractivity contribution in [3.05, 3.63) is 28.5 Å². The summed E-state index contributed by atoms with van der Waals surface area (Å²) in [6, 6.07) is 3.59. The van der Waals surface area contributed by atoms with Crippen molar-refractivity contribution in [2.45, 2.75) is 45.6 Å². The van der Waals surface area contributed by atoms with E-state index in [1.165, 1.54) is 31.7 Å². The second kappa shape index (κ2) is 5.26. The first-order valence-electron chi connectivity index (χ1n) is 6.30. The number of anilines is 1. The molecule has 3 heteroatoms. The number of rotatable bonds is 3. The van der Waals surface area contributed by atoms with Crippen LogP contribution in [0.2, 0.25) is 5.02 Å². The minimum Gasteiger partial charge on any atom is -0.381 e. The zero-order valence-corrected chi connectivity index (χ0v) is 11.1. The fourth-order valence-electron chi connectivity index (χ4n) is 2.59. The van der Waals surface area contributed by atoms with Crippen LogP contribution in [0.1, 0.15) is 38.2 Å².